The molecule has 0 spiro atoms. The SMILES string of the molecule is Fc1ccccc1OCc1noc([C@@]23CNC[C@@H]2C3)n1. The van der Waals surface area contributed by atoms with E-state index in [-0.39, 0.29) is 17.8 Å². The molecule has 2 aromatic rings. The summed E-state index contributed by atoms with van der Waals surface area (Å²) in [5.41, 5.74) is 0.0449. The molecular weight excluding hydrogens is 261 g/mol. The molecule has 2 atom stereocenters. The van der Waals surface area contributed by atoms with Crippen molar-refractivity contribution in [3.05, 3.63) is 41.8 Å². The number of piperidine rings is 1. The minimum atomic E-state index is -0.392. The summed E-state index contributed by atoms with van der Waals surface area (Å²) in [6.07, 6.45) is 1.11. The fraction of sp³-hybridized carbons (Fsp3) is 0.429. The van der Waals surface area contributed by atoms with Gasteiger partial charge in [-0.15, -0.1) is 0 Å². The highest BCUT2D eigenvalue weighted by atomic mass is 19.1. The average molecular weight is 275 g/mol. The predicted molar refractivity (Wildman–Crippen MR) is 67.7 cm³/mol. The number of hydrogen-bond donors (Lipinski definition) is 1. The molecule has 6 heteroatoms. The summed E-state index contributed by atoms with van der Waals surface area (Å²) in [5.74, 6) is 1.55. The van der Waals surface area contributed by atoms with E-state index in [1.165, 1.54) is 6.07 Å². The summed E-state index contributed by atoms with van der Waals surface area (Å²) in [5, 5.41) is 7.24. The largest absolute Gasteiger partial charge is 0.482 e. The molecular formula is C14H14FN3O2. The normalized spacial score (nSPS) is 27.4. The number of hydrogen-bond acceptors (Lipinski definition) is 5. The molecule has 2 aliphatic rings. The molecule has 104 valence electrons. The third-order valence-corrected chi connectivity index (χ3v) is 4.15. The molecule has 0 radical (unpaired) electrons. The van der Waals surface area contributed by atoms with Crippen LogP contribution in [-0.2, 0) is 12.0 Å². The van der Waals surface area contributed by atoms with Crippen LogP contribution in [0.4, 0.5) is 4.39 Å². The molecule has 0 bridgehead atoms. The van der Waals surface area contributed by atoms with E-state index in [2.05, 4.69) is 15.5 Å². The Kier molecular flexibility index (Phi) is 2.53. The van der Waals surface area contributed by atoms with Crippen LogP contribution in [0.3, 0.4) is 0 Å². The zero-order valence-corrected chi connectivity index (χ0v) is 10.8. The lowest BCUT2D eigenvalue weighted by Gasteiger charge is -2.04. The second-order valence-electron chi connectivity index (χ2n) is 5.42. The van der Waals surface area contributed by atoms with Gasteiger partial charge in [-0.2, -0.15) is 4.98 Å². The zero-order chi connectivity index (χ0) is 13.6. The maximum atomic E-state index is 13.4. The summed E-state index contributed by atoms with van der Waals surface area (Å²) < 4.78 is 24.1. The van der Waals surface area contributed by atoms with Gasteiger partial charge >= 0.3 is 0 Å². The molecule has 2 fully saturated rings. The first kappa shape index (κ1) is 11.8. The van der Waals surface area contributed by atoms with E-state index in [4.69, 9.17) is 9.26 Å². The molecule has 2 heterocycles. The van der Waals surface area contributed by atoms with Crippen LogP contribution in [0.1, 0.15) is 18.1 Å². The number of aromatic nitrogens is 2. The van der Waals surface area contributed by atoms with Gasteiger partial charge in [0.2, 0.25) is 11.7 Å². The molecule has 1 aliphatic heterocycles. The Balaban J connectivity index is 1.46. The van der Waals surface area contributed by atoms with Gasteiger partial charge in [-0.3, -0.25) is 0 Å². The third-order valence-electron chi connectivity index (χ3n) is 4.15. The minimum absolute atomic E-state index is 0.0449. The van der Waals surface area contributed by atoms with Crippen molar-refractivity contribution in [3.63, 3.8) is 0 Å². The molecule has 4 rings (SSSR count). The van der Waals surface area contributed by atoms with Gasteiger partial charge in [0.15, 0.2) is 18.2 Å². The molecule has 1 aromatic heterocycles. The van der Waals surface area contributed by atoms with Crippen LogP contribution in [0.15, 0.2) is 28.8 Å². The molecule has 1 saturated carbocycles. The monoisotopic (exact) mass is 275 g/mol. The Bertz CT molecular complexity index is 645. The van der Waals surface area contributed by atoms with Crippen LogP contribution in [0.5, 0.6) is 5.75 Å². The maximum Gasteiger partial charge on any atom is 0.234 e. The van der Waals surface area contributed by atoms with E-state index < -0.39 is 5.82 Å². The van der Waals surface area contributed by atoms with Crippen LogP contribution in [-0.4, -0.2) is 23.2 Å². The molecule has 20 heavy (non-hydrogen) atoms. The third kappa shape index (κ3) is 1.79. The van der Waals surface area contributed by atoms with E-state index in [0.29, 0.717) is 17.6 Å². The van der Waals surface area contributed by atoms with Crippen LogP contribution in [0.25, 0.3) is 0 Å². The number of para-hydroxylation sites is 1. The van der Waals surface area contributed by atoms with Crippen molar-refractivity contribution in [1.29, 1.82) is 0 Å². The van der Waals surface area contributed by atoms with E-state index >= 15 is 0 Å². The predicted octanol–water partition coefficient (Wildman–Crippen LogP) is 1.65. The van der Waals surface area contributed by atoms with E-state index in [9.17, 15) is 4.39 Å². The fourth-order valence-electron chi connectivity index (χ4n) is 2.89. The van der Waals surface area contributed by atoms with Gasteiger partial charge in [-0.1, -0.05) is 17.3 Å². The number of halogens is 1. The van der Waals surface area contributed by atoms with Crippen molar-refractivity contribution < 1.29 is 13.7 Å². The lowest BCUT2D eigenvalue weighted by Crippen LogP contribution is -2.19. The number of nitrogens with one attached hydrogen (secondary N) is 1. The Labute approximate surface area is 115 Å². The molecule has 1 N–H and O–H groups in total. The highest BCUT2D eigenvalue weighted by Gasteiger charge is 2.62. The smallest absolute Gasteiger partial charge is 0.234 e. The van der Waals surface area contributed by atoms with Gasteiger partial charge < -0.3 is 14.6 Å². The van der Waals surface area contributed by atoms with E-state index in [1.54, 1.807) is 18.2 Å². The summed E-state index contributed by atoms with van der Waals surface area (Å²) in [7, 11) is 0. The van der Waals surface area contributed by atoms with Gasteiger partial charge in [-0.25, -0.2) is 4.39 Å². The van der Waals surface area contributed by atoms with Crippen LogP contribution in [0, 0.1) is 11.7 Å². The minimum Gasteiger partial charge on any atom is -0.482 e. The van der Waals surface area contributed by atoms with E-state index in [1.807, 2.05) is 0 Å². The molecule has 5 nitrogen and oxygen atoms in total. The fourth-order valence-corrected chi connectivity index (χ4v) is 2.89. The second-order valence-corrected chi connectivity index (χ2v) is 5.42. The van der Waals surface area contributed by atoms with Crippen LogP contribution < -0.4 is 10.1 Å². The highest BCUT2D eigenvalue weighted by molar-refractivity contribution is 5.26. The summed E-state index contributed by atoms with van der Waals surface area (Å²) in [6.45, 7) is 2.02. The number of nitrogens with zero attached hydrogens (tertiary/aromatic N) is 2. The van der Waals surface area contributed by atoms with Crippen molar-refractivity contribution in [2.75, 3.05) is 13.1 Å². The van der Waals surface area contributed by atoms with Crippen molar-refractivity contribution in [1.82, 2.24) is 15.5 Å². The van der Waals surface area contributed by atoms with Gasteiger partial charge in [0, 0.05) is 6.54 Å². The topological polar surface area (TPSA) is 60.2 Å². The Morgan fingerprint density at radius 3 is 3.10 bits per heavy atom. The number of rotatable bonds is 4. The van der Waals surface area contributed by atoms with Crippen LogP contribution >= 0.6 is 0 Å². The van der Waals surface area contributed by atoms with Crippen molar-refractivity contribution >= 4 is 0 Å². The maximum absolute atomic E-state index is 13.4. The van der Waals surface area contributed by atoms with Gasteiger partial charge in [0.25, 0.3) is 0 Å². The quantitative estimate of drug-likeness (QED) is 0.919. The van der Waals surface area contributed by atoms with Crippen molar-refractivity contribution in [2.24, 2.45) is 5.92 Å². The van der Waals surface area contributed by atoms with Crippen molar-refractivity contribution in [2.45, 2.75) is 18.4 Å². The molecule has 1 aliphatic carbocycles. The number of benzene rings is 1. The van der Waals surface area contributed by atoms with Crippen LogP contribution in [0.2, 0.25) is 0 Å². The zero-order valence-electron chi connectivity index (χ0n) is 10.8. The molecule has 1 saturated heterocycles. The lowest BCUT2D eigenvalue weighted by atomic mass is 10.1. The lowest BCUT2D eigenvalue weighted by molar-refractivity contribution is 0.271. The first-order chi connectivity index (χ1) is 9.78. The number of ether oxygens (including phenoxy) is 1. The summed E-state index contributed by atoms with van der Waals surface area (Å²) >= 11 is 0. The molecule has 0 amide bonds. The average Bonchev–Trinajstić information content (AvgIpc) is 2.85. The molecule has 0 unspecified atom stereocenters. The summed E-state index contributed by atoms with van der Waals surface area (Å²) in [4.78, 5) is 4.39. The Hall–Kier alpha value is -1.95. The second kappa shape index (κ2) is 4.28. The van der Waals surface area contributed by atoms with Gasteiger partial charge in [0.05, 0.1) is 5.41 Å². The first-order valence-corrected chi connectivity index (χ1v) is 6.69. The molecule has 1 aromatic carbocycles. The Morgan fingerprint density at radius 1 is 1.45 bits per heavy atom. The Morgan fingerprint density at radius 2 is 2.35 bits per heavy atom. The highest BCUT2D eigenvalue weighted by Crippen LogP contribution is 2.55. The van der Waals surface area contributed by atoms with Gasteiger partial charge in [0.1, 0.15) is 0 Å². The van der Waals surface area contributed by atoms with E-state index in [0.717, 1.165) is 19.5 Å². The van der Waals surface area contributed by atoms with Gasteiger partial charge in [-0.05, 0) is 31.0 Å². The van der Waals surface area contributed by atoms with Crippen molar-refractivity contribution in [3.8, 4) is 5.75 Å². The summed E-state index contributed by atoms with van der Waals surface area (Å²) in [6, 6.07) is 6.27. The standard InChI is InChI=1S/C14H14FN3O2/c15-10-3-1-2-4-11(10)19-7-12-17-13(20-18-12)14-5-9(14)6-16-8-14/h1-4,9,16H,5-8H2/t9-,14-/m0/s1. The first-order valence-electron chi connectivity index (χ1n) is 6.69. The number of fused-ring (bicyclic) bond motifs is 1.